The Hall–Kier alpha value is -0.760. The van der Waals surface area contributed by atoms with Gasteiger partial charge < -0.3 is 9.47 Å². The Bertz CT molecular complexity index is 242. The van der Waals surface area contributed by atoms with Crippen LogP contribution in [0.15, 0.2) is 24.0 Å². The smallest absolute Gasteiger partial charge is 0.275 e. The molecule has 0 aromatic heterocycles. The zero-order valence-corrected chi connectivity index (χ0v) is 7.54. The normalized spacial score (nSPS) is 36.8. The van der Waals surface area contributed by atoms with E-state index in [1.165, 1.54) is 0 Å². The van der Waals surface area contributed by atoms with Crippen LogP contribution in [0.2, 0.25) is 0 Å². The summed E-state index contributed by atoms with van der Waals surface area (Å²) in [5.74, 6) is 0.972. The minimum atomic E-state index is -0.370. The van der Waals surface area contributed by atoms with Crippen molar-refractivity contribution >= 4 is 0 Å². The first-order valence-electron chi connectivity index (χ1n) is 4.51. The number of hydrogen-bond acceptors (Lipinski definition) is 2. The summed E-state index contributed by atoms with van der Waals surface area (Å²) in [5.41, 5.74) is 0. The first kappa shape index (κ1) is 7.87. The first-order valence-corrected chi connectivity index (χ1v) is 4.51. The number of rotatable bonds is 3. The van der Waals surface area contributed by atoms with E-state index in [1.54, 1.807) is 0 Å². The number of ether oxygens (including phenoxy) is 2. The quantitative estimate of drug-likeness (QED) is 0.600. The maximum absolute atomic E-state index is 5.66. The molecule has 0 N–H and O–H groups in total. The van der Waals surface area contributed by atoms with Crippen molar-refractivity contribution in [2.24, 2.45) is 5.92 Å². The summed E-state index contributed by atoms with van der Waals surface area (Å²) in [6, 6.07) is 0. The Morgan fingerprint density at radius 1 is 1.67 bits per heavy atom. The molecule has 1 aliphatic carbocycles. The van der Waals surface area contributed by atoms with Crippen molar-refractivity contribution in [3.63, 3.8) is 0 Å². The van der Waals surface area contributed by atoms with Gasteiger partial charge in [0.15, 0.2) is 5.76 Å². The molecule has 66 valence electrons. The van der Waals surface area contributed by atoms with Crippen LogP contribution in [0.1, 0.15) is 20.3 Å². The number of fused-ring (bicyclic) bond motifs is 1. The first-order chi connectivity index (χ1) is 5.79. The van der Waals surface area contributed by atoms with Crippen LogP contribution in [0, 0.1) is 5.92 Å². The summed E-state index contributed by atoms with van der Waals surface area (Å²) >= 11 is 0. The molecule has 2 unspecified atom stereocenters. The molecule has 12 heavy (non-hydrogen) atoms. The second-order valence-corrected chi connectivity index (χ2v) is 3.32. The highest BCUT2D eigenvalue weighted by molar-refractivity contribution is 5.33. The third-order valence-corrected chi connectivity index (χ3v) is 2.33. The van der Waals surface area contributed by atoms with E-state index >= 15 is 0 Å². The molecule has 0 aromatic carbocycles. The van der Waals surface area contributed by atoms with Crippen LogP contribution in [0.4, 0.5) is 0 Å². The fourth-order valence-corrected chi connectivity index (χ4v) is 1.53. The van der Waals surface area contributed by atoms with Crippen molar-refractivity contribution in [1.82, 2.24) is 0 Å². The molecule has 2 rings (SSSR count). The summed E-state index contributed by atoms with van der Waals surface area (Å²) in [6.07, 6.45) is 7.16. The molecule has 0 aromatic rings. The van der Waals surface area contributed by atoms with Gasteiger partial charge in [0.25, 0.3) is 5.79 Å². The Balaban J connectivity index is 2.04. The maximum atomic E-state index is 5.66. The van der Waals surface area contributed by atoms with Crippen molar-refractivity contribution in [1.29, 1.82) is 0 Å². The van der Waals surface area contributed by atoms with Gasteiger partial charge in [-0.25, -0.2) is 0 Å². The van der Waals surface area contributed by atoms with E-state index in [0.717, 1.165) is 18.8 Å². The van der Waals surface area contributed by atoms with Crippen LogP contribution in [-0.2, 0) is 9.47 Å². The number of epoxide rings is 1. The SMILES string of the molecule is CCCOC12OC1=CC=CC2C. The Kier molecular flexibility index (Phi) is 1.72. The molecule has 2 atom stereocenters. The molecule has 0 radical (unpaired) electrons. The molecule has 2 aliphatic rings. The number of hydrogen-bond donors (Lipinski definition) is 0. The largest absolute Gasteiger partial charge is 0.451 e. The molecule has 0 spiro atoms. The second-order valence-electron chi connectivity index (χ2n) is 3.32. The van der Waals surface area contributed by atoms with Crippen LogP contribution in [0.25, 0.3) is 0 Å². The third kappa shape index (κ3) is 0.985. The van der Waals surface area contributed by atoms with Crippen LogP contribution in [-0.4, -0.2) is 12.4 Å². The lowest BCUT2D eigenvalue weighted by molar-refractivity contribution is -0.0659. The fraction of sp³-hybridized carbons (Fsp3) is 0.600. The second kappa shape index (κ2) is 2.63. The van der Waals surface area contributed by atoms with E-state index in [0.29, 0.717) is 5.92 Å². The van der Waals surface area contributed by atoms with E-state index in [2.05, 4.69) is 19.9 Å². The molecule has 0 bridgehead atoms. The van der Waals surface area contributed by atoms with E-state index < -0.39 is 0 Å². The molecular weight excluding hydrogens is 152 g/mol. The van der Waals surface area contributed by atoms with Gasteiger partial charge in [0.05, 0.1) is 6.61 Å². The lowest BCUT2D eigenvalue weighted by Gasteiger charge is -2.16. The van der Waals surface area contributed by atoms with Gasteiger partial charge in [-0.2, -0.15) is 0 Å². The summed E-state index contributed by atoms with van der Waals surface area (Å²) in [6.45, 7) is 4.99. The zero-order chi connectivity index (χ0) is 8.60. The highest BCUT2D eigenvalue weighted by atomic mass is 16.8. The molecule has 1 heterocycles. The van der Waals surface area contributed by atoms with Gasteiger partial charge in [-0.1, -0.05) is 26.0 Å². The maximum Gasteiger partial charge on any atom is 0.275 e. The predicted octanol–water partition coefficient (Wildman–Crippen LogP) is 2.23. The van der Waals surface area contributed by atoms with E-state index in [4.69, 9.17) is 9.47 Å². The molecule has 2 nitrogen and oxygen atoms in total. The third-order valence-electron chi connectivity index (χ3n) is 2.33. The molecule has 1 aliphatic heterocycles. The van der Waals surface area contributed by atoms with Crippen LogP contribution in [0.3, 0.4) is 0 Å². The molecule has 0 saturated carbocycles. The van der Waals surface area contributed by atoms with Gasteiger partial charge in [0, 0.05) is 5.92 Å². The lowest BCUT2D eigenvalue weighted by atomic mass is 9.99. The summed E-state index contributed by atoms with van der Waals surface area (Å²) in [7, 11) is 0. The van der Waals surface area contributed by atoms with Gasteiger partial charge >= 0.3 is 0 Å². The van der Waals surface area contributed by atoms with Crippen molar-refractivity contribution in [2.45, 2.75) is 26.1 Å². The predicted molar refractivity (Wildman–Crippen MR) is 46.4 cm³/mol. The average Bonchev–Trinajstić information content (AvgIpc) is 2.78. The minimum absolute atomic E-state index is 0.351. The molecule has 2 heteroatoms. The van der Waals surface area contributed by atoms with Crippen LogP contribution >= 0.6 is 0 Å². The average molecular weight is 166 g/mol. The van der Waals surface area contributed by atoms with Gasteiger partial charge in [0.2, 0.25) is 0 Å². The summed E-state index contributed by atoms with van der Waals surface area (Å²) < 4.78 is 11.1. The van der Waals surface area contributed by atoms with Gasteiger partial charge in [-0.15, -0.1) is 0 Å². The zero-order valence-electron chi connectivity index (χ0n) is 7.54. The summed E-state index contributed by atoms with van der Waals surface area (Å²) in [5, 5.41) is 0. The lowest BCUT2D eigenvalue weighted by Crippen LogP contribution is -2.25. The Morgan fingerprint density at radius 2 is 2.50 bits per heavy atom. The standard InChI is InChI=1S/C10H14O2/c1-3-7-11-10-8(2)5-4-6-9(10)12-10/h4-6,8H,3,7H2,1-2H3. The van der Waals surface area contributed by atoms with E-state index in [1.807, 2.05) is 12.2 Å². The summed E-state index contributed by atoms with van der Waals surface area (Å²) in [4.78, 5) is 0. The molecule has 1 fully saturated rings. The van der Waals surface area contributed by atoms with Gasteiger partial charge in [0.1, 0.15) is 0 Å². The van der Waals surface area contributed by atoms with E-state index in [-0.39, 0.29) is 5.79 Å². The number of allylic oxidation sites excluding steroid dienone is 2. The van der Waals surface area contributed by atoms with Gasteiger partial charge in [-0.05, 0) is 12.5 Å². The van der Waals surface area contributed by atoms with Crippen LogP contribution in [0.5, 0.6) is 0 Å². The van der Waals surface area contributed by atoms with Gasteiger partial charge in [-0.3, -0.25) is 0 Å². The topological polar surface area (TPSA) is 21.8 Å². The Labute approximate surface area is 72.9 Å². The highest BCUT2D eigenvalue weighted by Gasteiger charge is 2.58. The minimum Gasteiger partial charge on any atom is -0.451 e. The Morgan fingerprint density at radius 3 is 3.17 bits per heavy atom. The fourth-order valence-electron chi connectivity index (χ4n) is 1.53. The van der Waals surface area contributed by atoms with Crippen molar-refractivity contribution < 1.29 is 9.47 Å². The van der Waals surface area contributed by atoms with Crippen molar-refractivity contribution in [3.05, 3.63) is 24.0 Å². The van der Waals surface area contributed by atoms with Crippen molar-refractivity contribution in [2.75, 3.05) is 6.61 Å². The molecular formula is C10H14O2. The van der Waals surface area contributed by atoms with Crippen LogP contribution < -0.4 is 0 Å². The van der Waals surface area contributed by atoms with E-state index in [9.17, 15) is 0 Å². The highest BCUT2D eigenvalue weighted by Crippen LogP contribution is 2.50. The van der Waals surface area contributed by atoms with Crippen molar-refractivity contribution in [3.8, 4) is 0 Å². The molecule has 1 saturated heterocycles. The monoisotopic (exact) mass is 166 g/mol. The molecule has 0 amide bonds.